The Morgan fingerprint density at radius 1 is 1.17 bits per heavy atom. The maximum absolute atomic E-state index is 13.0. The Labute approximate surface area is 143 Å². The van der Waals surface area contributed by atoms with Gasteiger partial charge in [-0.1, -0.05) is 6.92 Å². The fraction of sp³-hybridized carbons (Fsp3) is 0.611. The first-order valence-corrected chi connectivity index (χ1v) is 8.58. The number of nitrogens with zero attached hydrogens (tertiary/aromatic N) is 2. The highest BCUT2D eigenvalue weighted by Gasteiger charge is 2.27. The van der Waals surface area contributed by atoms with Crippen LogP contribution in [0.4, 0.5) is 10.1 Å². The monoisotopic (exact) mass is 337 g/mol. The third-order valence-electron chi connectivity index (χ3n) is 4.94. The van der Waals surface area contributed by atoms with Gasteiger partial charge in [-0.25, -0.2) is 4.39 Å². The van der Waals surface area contributed by atoms with Gasteiger partial charge in [-0.3, -0.25) is 9.69 Å². The smallest absolute Gasteiger partial charge is 0.237 e. The molecule has 5 nitrogen and oxygen atoms in total. The summed E-state index contributed by atoms with van der Waals surface area (Å²) >= 11 is 0. The molecule has 1 saturated heterocycles. The number of benzene rings is 1. The topological polar surface area (TPSA) is 55.8 Å². The summed E-state index contributed by atoms with van der Waals surface area (Å²) in [6.45, 7) is 9.00. The molecular weight excluding hydrogens is 309 g/mol. The highest BCUT2D eigenvalue weighted by molar-refractivity contribution is 5.81. The first-order chi connectivity index (χ1) is 11.4. The van der Waals surface area contributed by atoms with E-state index < -0.39 is 0 Å². The predicted molar refractivity (Wildman–Crippen MR) is 93.5 cm³/mol. The van der Waals surface area contributed by atoms with Crippen LogP contribution in [-0.2, 0) is 4.79 Å². The van der Waals surface area contributed by atoms with Crippen molar-refractivity contribution in [3.63, 3.8) is 0 Å². The first kappa shape index (κ1) is 18.7. The molecule has 1 aliphatic rings. The molecule has 0 spiro atoms. The highest BCUT2D eigenvalue weighted by atomic mass is 19.1. The van der Waals surface area contributed by atoms with Crippen molar-refractivity contribution in [3.05, 3.63) is 30.1 Å². The molecule has 0 bridgehead atoms. The number of hydrogen-bond donors (Lipinski definition) is 2. The zero-order valence-electron chi connectivity index (χ0n) is 14.7. The summed E-state index contributed by atoms with van der Waals surface area (Å²) in [6.07, 6.45) is 0. The van der Waals surface area contributed by atoms with Crippen LogP contribution in [0.25, 0.3) is 0 Å². The minimum atomic E-state index is -0.228. The fourth-order valence-corrected chi connectivity index (χ4v) is 2.83. The van der Waals surface area contributed by atoms with Crippen molar-refractivity contribution in [1.82, 2.24) is 10.2 Å². The van der Waals surface area contributed by atoms with Crippen LogP contribution < -0.4 is 10.2 Å². The first-order valence-electron chi connectivity index (χ1n) is 8.58. The summed E-state index contributed by atoms with van der Waals surface area (Å²) in [7, 11) is 0. The number of amides is 1. The number of aliphatic hydroxyl groups is 1. The molecule has 24 heavy (non-hydrogen) atoms. The lowest BCUT2D eigenvalue weighted by Crippen LogP contribution is -2.55. The molecule has 1 heterocycles. The van der Waals surface area contributed by atoms with E-state index in [-0.39, 0.29) is 36.3 Å². The Kier molecular flexibility index (Phi) is 6.57. The van der Waals surface area contributed by atoms with Crippen molar-refractivity contribution >= 4 is 11.6 Å². The summed E-state index contributed by atoms with van der Waals surface area (Å²) in [5, 5.41) is 12.2. The Hall–Kier alpha value is -1.66. The number of halogens is 1. The van der Waals surface area contributed by atoms with Crippen molar-refractivity contribution in [1.29, 1.82) is 0 Å². The summed E-state index contributed by atoms with van der Waals surface area (Å²) in [5.41, 5.74) is 1.01. The Balaban J connectivity index is 1.84. The quantitative estimate of drug-likeness (QED) is 0.825. The average Bonchev–Trinajstić information content (AvgIpc) is 2.61. The molecule has 0 saturated carbocycles. The number of carbonyl (C=O) groups excluding carboxylic acids is 1. The molecule has 1 aliphatic heterocycles. The highest BCUT2D eigenvalue weighted by Crippen LogP contribution is 2.18. The van der Waals surface area contributed by atoms with Gasteiger partial charge in [0.1, 0.15) is 5.82 Å². The second-order valence-electron chi connectivity index (χ2n) is 6.63. The molecule has 1 amide bonds. The van der Waals surface area contributed by atoms with Crippen LogP contribution in [0, 0.1) is 11.7 Å². The normalized spacial score (nSPS) is 19.6. The molecule has 1 aromatic carbocycles. The van der Waals surface area contributed by atoms with Gasteiger partial charge in [0.25, 0.3) is 0 Å². The van der Waals surface area contributed by atoms with E-state index in [0.717, 1.165) is 31.9 Å². The Morgan fingerprint density at radius 2 is 1.75 bits per heavy atom. The number of nitrogens with one attached hydrogen (secondary N) is 1. The van der Waals surface area contributed by atoms with Gasteiger partial charge in [-0.05, 0) is 44.0 Å². The van der Waals surface area contributed by atoms with Crippen LogP contribution >= 0.6 is 0 Å². The van der Waals surface area contributed by atoms with E-state index in [1.165, 1.54) is 12.1 Å². The minimum Gasteiger partial charge on any atom is -0.396 e. The van der Waals surface area contributed by atoms with Gasteiger partial charge in [0.05, 0.1) is 6.04 Å². The second-order valence-corrected chi connectivity index (χ2v) is 6.63. The van der Waals surface area contributed by atoms with Crippen molar-refractivity contribution in [2.75, 3.05) is 37.7 Å². The van der Waals surface area contributed by atoms with Crippen LogP contribution in [0.1, 0.15) is 20.8 Å². The summed E-state index contributed by atoms with van der Waals surface area (Å²) in [5.74, 6) is -0.191. The van der Waals surface area contributed by atoms with Gasteiger partial charge < -0.3 is 15.3 Å². The fourth-order valence-electron chi connectivity index (χ4n) is 2.83. The van der Waals surface area contributed by atoms with Crippen LogP contribution in [0.5, 0.6) is 0 Å². The van der Waals surface area contributed by atoms with E-state index in [1.807, 2.05) is 20.8 Å². The van der Waals surface area contributed by atoms with Crippen LogP contribution in [-0.4, -0.2) is 60.8 Å². The van der Waals surface area contributed by atoms with E-state index in [9.17, 15) is 9.18 Å². The number of hydrogen-bond acceptors (Lipinski definition) is 4. The van der Waals surface area contributed by atoms with Crippen LogP contribution in [0.3, 0.4) is 0 Å². The SMILES string of the molecule is CC(CO)C(C)NC(=O)C(C)N1CCN(c2ccc(F)cc2)CC1. The van der Waals surface area contributed by atoms with Gasteiger partial charge in [0, 0.05) is 44.5 Å². The zero-order chi connectivity index (χ0) is 17.7. The molecule has 3 unspecified atom stereocenters. The third kappa shape index (κ3) is 4.68. The molecule has 1 fully saturated rings. The summed E-state index contributed by atoms with van der Waals surface area (Å²) < 4.78 is 13.0. The van der Waals surface area contributed by atoms with Crippen LogP contribution in [0.2, 0.25) is 0 Å². The zero-order valence-corrected chi connectivity index (χ0v) is 14.7. The van der Waals surface area contributed by atoms with Crippen LogP contribution in [0.15, 0.2) is 24.3 Å². The van der Waals surface area contributed by atoms with Gasteiger partial charge >= 0.3 is 0 Å². The predicted octanol–water partition coefficient (Wildman–Crippen LogP) is 1.47. The summed E-state index contributed by atoms with van der Waals surface area (Å²) in [4.78, 5) is 16.7. The van der Waals surface area contributed by atoms with E-state index >= 15 is 0 Å². The standard InChI is InChI=1S/C18H28FN3O2/c1-13(12-23)14(2)20-18(24)15(3)21-8-10-22(11-9-21)17-6-4-16(19)5-7-17/h4-7,13-15,23H,8-12H2,1-3H3,(H,20,24). The van der Waals surface area contributed by atoms with Crippen molar-refractivity contribution < 1.29 is 14.3 Å². The second kappa shape index (κ2) is 8.44. The third-order valence-corrected chi connectivity index (χ3v) is 4.94. The molecule has 134 valence electrons. The Morgan fingerprint density at radius 3 is 2.29 bits per heavy atom. The molecule has 0 radical (unpaired) electrons. The van der Waals surface area contributed by atoms with E-state index in [0.29, 0.717) is 0 Å². The molecule has 6 heteroatoms. The molecule has 2 rings (SSSR count). The Bertz CT molecular complexity index is 530. The number of piperazine rings is 1. The number of aliphatic hydroxyl groups excluding tert-OH is 1. The minimum absolute atomic E-state index is 0.00182. The number of anilines is 1. The van der Waals surface area contributed by atoms with Gasteiger partial charge in [0.15, 0.2) is 0 Å². The lowest BCUT2D eigenvalue weighted by molar-refractivity contribution is -0.127. The maximum atomic E-state index is 13.0. The molecular formula is C18H28FN3O2. The van der Waals surface area contributed by atoms with E-state index in [4.69, 9.17) is 5.11 Å². The van der Waals surface area contributed by atoms with Crippen molar-refractivity contribution in [2.45, 2.75) is 32.9 Å². The van der Waals surface area contributed by atoms with E-state index in [2.05, 4.69) is 15.1 Å². The lowest BCUT2D eigenvalue weighted by Gasteiger charge is -2.39. The van der Waals surface area contributed by atoms with Gasteiger partial charge in [0.2, 0.25) is 5.91 Å². The molecule has 3 atom stereocenters. The molecule has 2 N–H and O–H groups in total. The largest absolute Gasteiger partial charge is 0.396 e. The lowest BCUT2D eigenvalue weighted by atomic mass is 10.0. The molecule has 0 aliphatic carbocycles. The van der Waals surface area contributed by atoms with Gasteiger partial charge in [-0.2, -0.15) is 0 Å². The average molecular weight is 337 g/mol. The van der Waals surface area contributed by atoms with E-state index in [1.54, 1.807) is 12.1 Å². The number of rotatable bonds is 6. The summed E-state index contributed by atoms with van der Waals surface area (Å²) in [6, 6.07) is 6.28. The molecule has 0 aromatic heterocycles. The maximum Gasteiger partial charge on any atom is 0.237 e. The van der Waals surface area contributed by atoms with Gasteiger partial charge in [-0.15, -0.1) is 0 Å². The van der Waals surface area contributed by atoms with Crippen molar-refractivity contribution in [2.24, 2.45) is 5.92 Å². The molecule has 1 aromatic rings. The van der Waals surface area contributed by atoms with Crippen molar-refractivity contribution in [3.8, 4) is 0 Å². The number of carbonyl (C=O) groups is 1.